The molecule has 2 aromatic heterocycles. The number of thiazole rings is 1. The van der Waals surface area contributed by atoms with Crippen molar-refractivity contribution >= 4 is 28.4 Å². The molecule has 126 valence electrons. The summed E-state index contributed by atoms with van der Waals surface area (Å²) < 4.78 is 10.6. The summed E-state index contributed by atoms with van der Waals surface area (Å²) in [5.41, 5.74) is 3.75. The van der Waals surface area contributed by atoms with Gasteiger partial charge in [-0.2, -0.15) is 0 Å². The van der Waals surface area contributed by atoms with Gasteiger partial charge >= 0.3 is 6.16 Å². The number of nitrogens with one attached hydrogen (secondary N) is 1. The van der Waals surface area contributed by atoms with Gasteiger partial charge < -0.3 is 19.4 Å². The zero-order valence-electron chi connectivity index (χ0n) is 13.6. The number of ether oxygens (including phenoxy) is 2. The van der Waals surface area contributed by atoms with Crippen LogP contribution in [0.25, 0.3) is 10.9 Å². The minimum absolute atomic E-state index is 0.167. The molecule has 0 atom stereocenters. The number of aromatic nitrogens is 2. The third kappa shape index (κ3) is 3.93. The lowest BCUT2D eigenvalue weighted by atomic mass is 10.1. The Labute approximate surface area is 144 Å². The van der Waals surface area contributed by atoms with Crippen LogP contribution in [0, 0.1) is 0 Å². The second-order valence-electron chi connectivity index (χ2n) is 5.65. The predicted molar refractivity (Wildman–Crippen MR) is 93.5 cm³/mol. The Kier molecular flexibility index (Phi) is 5.12. The molecular weight excluding hydrogens is 326 g/mol. The van der Waals surface area contributed by atoms with Crippen molar-refractivity contribution in [3.8, 4) is 5.75 Å². The molecular formula is C17H19N3O3S. The van der Waals surface area contributed by atoms with Crippen molar-refractivity contribution < 1.29 is 14.3 Å². The number of aromatic amines is 1. The molecule has 0 aliphatic carbocycles. The molecule has 7 heteroatoms. The van der Waals surface area contributed by atoms with E-state index in [2.05, 4.69) is 14.9 Å². The first kappa shape index (κ1) is 16.5. The molecule has 0 spiro atoms. The summed E-state index contributed by atoms with van der Waals surface area (Å²) in [6.45, 7) is 1.08. The molecule has 0 amide bonds. The van der Waals surface area contributed by atoms with Gasteiger partial charge in [0, 0.05) is 29.8 Å². The Hall–Kier alpha value is -2.38. The van der Waals surface area contributed by atoms with Gasteiger partial charge in [0.05, 0.1) is 10.4 Å². The molecule has 2 heterocycles. The van der Waals surface area contributed by atoms with E-state index in [9.17, 15) is 4.79 Å². The zero-order chi connectivity index (χ0) is 16.9. The Morgan fingerprint density at radius 1 is 1.38 bits per heavy atom. The molecule has 24 heavy (non-hydrogen) atoms. The van der Waals surface area contributed by atoms with Crippen LogP contribution in [0.5, 0.6) is 5.75 Å². The van der Waals surface area contributed by atoms with E-state index in [4.69, 9.17) is 9.47 Å². The smallest absolute Gasteiger partial charge is 0.428 e. The van der Waals surface area contributed by atoms with Crippen LogP contribution in [0.15, 0.2) is 36.1 Å². The maximum Gasteiger partial charge on any atom is 0.514 e. The maximum absolute atomic E-state index is 12.0. The molecule has 6 nitrogen and oxygen atoms in total. The van der Waals surface area contributed by atoms with Gasteiger partial charge in [-0.1, -0.05) is 6.07 Å². The number of carbonyl (C=O) groups is 1. The highest BCUT2D eigenvalue weighted by Crippen LogP contribution is 2.29. The minimum atomic E-state index is -0.712. The van der Waals surface area contributed by atoms with Crippen LogP contribution in [0.1, 0.15) is 10.4 Å². The molecule has 0 unspecified atom stereocenters. The first-order chi connectivity index (χ1) is 11.6. The highest BCUT2D eigenvalue weighted by molar-refractivity contribution is 7.09. The van der Waals surface area contributed by atoms with Gasteiger partial charge in [-0.05, 0) is 38.2 Å². The topological polar surface area (TPSA) is 67.5 Å². The SMILES string of the molecule is CN(C)CCc1c[nH]c2cccc(OC(=O)OCc3cncs3)c12. The summed E-state index contributed by atoms with van der Waals surface area (Å²) in [4.78, 5) is 22.1. The molecule has 0 aliphatic rings. The first-order valence-corrected chi connectivity index (χ1v) is 8.47. The van der Waals surface area contributed by atoms with Gasteiger partial charge in [-0.3, -0.25) is 4.98 Å². The number of likely N-dealkylation sites (N-methyl/N-ethyl adjacent to an activating group) is 1. The van der Waals surface area contributed by atoms with E-state index in [1.165, 1.54) is 11.3 Å². The Bertz CT molecular complexity index is 812. The average molecular weight is 345 g/mol. The lowest BCUT2D eigenvalue weighted by Crippen LogP contribution is -2.15. The zero-order valence-corrected chi connectivity index (χ0v) is 14.4. The van der Waals surface area contributed by atoms with Crippen LogP contribution in [-0.2, 0) is 17.8 Å². The van der Waals surface area contributed by atoms with Crippen molar-refractivity contribution in [3.05, 3.63) is 46.5 Å². The van der Waals surface area contributed by atoms with Crippen molar-refractivity contribution in [2.45, 2.75) is 13.0 Å². The number of benzene rings is 1. The second-order valence-corrected chi connectivity index (χ2v) is 6.63. The van der Waals surface area contributed by atoms with Crippen molar-refractivity contribution in [2.75, 3.05) is 20.6 Å². The number of carbonyl (C=O) groups excluding carboxylic acids is 1. The normalized spacial score (nSPS) is 11.1. The maximum atomic E-state index is 12.0. The van der Waals surface area contributed by atoms with Crippen LogP contribution in [0.3, 0.4) is 0 Å². The molecule has 1 N–H and O–H groups in total. The standard InChI is InChI=1S/C17H19N3O3S/c1-20(2)7-6-12-8-19-14-4-3-5-15(16(12)14)23-17(21)22-10-13-9-18-11-24-13/h3-5,8-9,11,19H,6-7,10H2,1-2H3. The van der Waals surface area contributed by atoms with Crippen LogP contribution >= 0.6 is 11.3 Å². The quantitative estimate of drug-likeness (QED) is 0.547. The summed E-state index contributed by atoms with van der Waals surface area (Å²) in [6.07, 6.45) is 3.78. The highest BCUT2D eigenvalue weighted by atomic mass is 32.1. The predicted octanol–water partition coefficient (Wildman–Crippen LogP) is 3.44. The van der Waals surface area contributed by atoms with Crippen LogP contribution in [0.4, 0.5) is 4.79 Å². The van der Waals surface area contributed by atoms with E-state index in [0.29, 0.717) is 5.75 Å². The van der Waals surface area contributed by atoms with Gasteiger partial charge in [-0.25, -0.2) is 4.79 Å². The molecule has 1 aromatic carbocycles. The summed E-state index contributed by atoms with van der Waals surface area (Å²) >= 11 is 1.43. The molecule has 0 saturated heterocycles. The fourth-order valence-electron chi connectivity index (χ4n) is 2.41. The fourth-order valence-corrected chi connectivity index (χ4v) is 2.91. The average Bonchev–Trinajstić information content (AvgIpc) is 3.21. The monoisotopic (exact) mass is 345 g/mol. The number of H-pyrrole nitrogens is 1. The molecule has 0 saturated carbocycles. The van der Waals surface area contributed by atoms with Crippen molar-refractivity contribution in [1.82, 2.24) is 14.9 Å². The summed E-state index contributed by atoms with van der Waals surface area (Å²) in [5, 5.41) is 0.925. The highest BCUT2D eigenvalue weighted by Gasteiger charge is 2.14. The van der Waals surface area contributed by atoms with E-state index in [1.807, 2.05) is 32.4 Å². The molecule has 0 bridgehead atoms. The molecule has 3 aromatic rings. The van der Waals surface area contributed by atoms with E-state index in [1.54, 1.807) is 17.8 Å². The molecule has 0 aliphatic heterocycles. The second kappa shape index (κ2) is 7.46. The fraction of sp³-hybridized carbons (Fsp3) is 0.294. The van der Waals surface area contributed by atoms with Crippen LogP contribution < -0.4 is 4.74 Å². The van der Waals surface area contributed by atoms with Gasteiger partial charge in [0.15, 0.2) is 0 Å². The van der Waals surface area contributed by atoms with Crippen molar-refractivity contribution in [1.29, 1.82) is 0 Å². The van der Waals surface area contributed by atoms with E-state index in [0.717, 1.165) is 34.3 Å². The van der Waals surface area contributed by atoms with Crippen LogP contribution in [0.2, 0.25) is 0 Å². The molecule has 3 rings (SSSR count). The van der Waals surface area contributed by atoms with Gasteiger partial charge in [0.1, 0.15) is 12.4 Å². The van der Waals surface area contributed by atoms with Crippen molar-refractivity contribution in [3.63, 3.8) is 0 Å². The largest absolute Gasteiger partial charge is 0.514 e. The van der Waals surface area contributed by atoms with Gasteiger partial charge in [0.2, 0.25) is 0 Å². The van der Waals surface area contributed by atoms with E-state index >= 15 is 0 Å². The lowest BCUT2D eigenvalue weighted by Gasteiger charge is -2.10. The van der Waals surface area contributed by atoms with Crippen LogP contribution in [-0.4, -0.2) is 41.7 Å². The Morgan fingerprint density at radius 3 is 3.00 bits per heavy atom. The summed E-state index contributed by atoms with van der Waals surface area (Å²) in [6, 6.07) is 5.59. The third-order valence-corrected chi connectivity index (χ3v) is 4.34. The third-order valence-electron chi connectivity index (χ3n) is 3.59. The molecule has 0 fully saturated rings. The van der Waals surface area contributed by atoms with Gasteiger partial charge in [0.25, 0.3) is 0 Å². The van der Waals surface area contributed by atoms with E-state index in [-0.39, 0.29) is 6.61 Å². The Morgan fingerprint density at radius 2 is 2.25 bits per heavy atom. The lowest BCUT2D eigenvalue weighted by molar-refractivity contribution is 0.0941. The summed E-state index contributed by atoms with van der Waals surface area (Å²) in [7, 11) is 4.06. The number of nitrogens with zero attached hydrogens (tertiary/aromatic N) is 2. The molecule has 0 radical (unpaired) electrons. The number of hydrogen-bond acceptors (Lipinski definition) is 6. The first-order valence-electron chi connectivity index (χ1n) is 7.59. The minimum Gasteiger partial charge on any atom is -0.428 e. The van der Waals surface area contributed by atoms with Gasteiger partial charge in [-0.15, -0.1) is 11.3 Å². The number of rotatable bonds is 6. The van der Waals surface area contributed by atoms with E-state index < -0.39 is 6.16 Å². The Balaban J connectivity index is 1.73. The number of fused-ring (bicyclic) bond motifs is 1. The number of hydrogen-bond donors (Lipinski definition) is 1. The van der Waals surface area contributed by atoms with Crippen molar-refractivity contribution in [2.24, 2.45) is 0 Å². The summed E-state index contributed by atoms with van der Waals surface area (Å²) in [5.74, 6) is 0.511.